The molecule has 2 unspecified atom stereocenters. The molecule has 0 radical (unpaired) electrons. The van der Waals surface area contributed by atoms with Gasteiger partial charge in [0.1, 0.15) is 10.8 Å². The number of fused-ring (bicyclic) bond motifs is 1. The molecule has 0 bridgehead atoms. The van der Waals surface area contributed by atoms with Crippen molar-refractivity contribution in [2.45, 2.75) is 45.2 Å². The van der Waals surface area contributed by atoms with E-state index in [1.807, 2.05) is 13.0 Å². The van der Waals surface area contributed by atoms with Crippen molar-refractivity contribution >= 4 is 23.2 Å². The molecule has 6 nitrogen and oxygen atoms in total. The molecule has 31 heavy (non-hydrogen) atoms. The lowest BCUT2D eigenvalue weighted by Crippen LogP contribution is -2.46. The van der Waals surface area contributed by atoms with Crippen LogP contribution in [0.2, 0.25) is 0 Å². The quantitative estimate of drug-likeness (QED) is 0.439. The topological polar surface area (TPSA) is 72.0 Å². The van der Waals surface area contributed by atoms with Crippen LogP contribution in [0.3, 0.4) is 0 Å². The summed E-state index contributed by atoms with van der Waals surface area (Å²) in [6.45, 7) is 6.90. The monoisotopic (exact) mass is 432 g/mol. The van der Waals surface area contributed by atoms with Gasteiger partial charge in [-0.3, -0.25) is 0 Å². The first-order valence-corrected chi connectivity index (χ1v) is 11.6. The van der Waals surface area contributed by atoms with Gasteiger partial charge in [0.25, 0.3) is 0 Å². The molecule has 1 aromatic carbocycles. The number of anilines is 1. The standard InChI is InChI=1S/C24H28N6S/c1-14-5-7-16(8-6-14)17-4-3-9-30-22(17)27-23(28-30)26-21-18-11-24(18)13-29(12-19(21)24)20(31)10-15(2)25/h5-8,10-11,17,19,21H,3-4,9,12-13,25H2,1-2H3,(H,26,28)/t17?,19-,21+,24?/m0/s1. The highest BCUT2D eigenvalue weighted by atomic mass is 32.1. The molecule has 2 aliphatic heterocycles. The van der Waals surface area contributed by atoms with Crippen LogP contribution in [0.15, 0.2) is 47.7 Å². The number of hydrogen-bond donors (Lipinski definition) is 2. The number of allylic oxidation sites excluding steroid dienone is 1. The van der Waals surface area contributed by atoms with Gasteiger partial charge < -0.3 is 16.0 Å². The van der Waals surface area contributed by atoms with Crippen molar-refractivity contribution in [3.8, 4) is 0 Å². The summed E-state index contributed by atoms with van der Waals surface area (Å²) in [5, 5.41) is 8.48. The van der Waals surface area contributed by atoms with Gasteiger partial charge in [0, 0.05) is 42.6 Å². The van der Waals surface area contributed by atoms with Gasteiger partial charge in [-0.1, -0.05) is 48.1 Å². The lowest BCUT2D eigenvalue weighted by atomic mass is 9.69. The fraction of sp³-hybridized carbons (Fsp3) is 0.458. The number of thiocarbonyl (C=S) groups is 1. The second-order valence-electron chi connectivity index (χ2n) is 9.60. The number of likely N-dealkylation sites (tertiary alicyclic amines) is 1. The molecule has 3 heterocycles. The summed E-state index contributed by atoms with van der Waals surface area (Å²) in [6.07, 6.45) is 6.58. The van der Waals surface area contributed by atoms with E-state index >= 15 is 0 Å². The molecule has 2 aliphatic carbocycles. The van der Waals surface area contributed by atoms with Gasteiger partial charge in [-0.15, -0.1) is 5.10 Å². The number of nitrogens with two attached hydrogens (primary N) is 1. The van der Waals surface area contributed by atoms with Crippen LogP contribution in [-0.2, 0) is 6.54 Å². The Kier molecular flexibility index (Phi) is 4.09. The first-order chi connectivity index (χ1) is 14.9. The predicted octanol–water partition coefficient (Wildman–Crippen LogP) is 3.35. The van der Waals surface area contributed by atoms with E-state index < -0.39 is 0 Å². The van der Waals surface area contributed by atoms with Crippen molar-refractivity contribution < 1.29 is 0 Å². The maximum atomic E-state index is 5.83. The molecule has 6 rings (SSSR count). The Morgan fingerprint density at radius 3 is 2.90 bits per heavy atom. The van der Waals surface area contributed by atoms with Gasteiger partial charge in [0.2, 0.25) is 5.95 Å². The zero-order chi connectivity index (χ0) is 21.3. The normalized spacial score (nSPS) is 30.6. The van der Waals surface area contributed by atoms with Crippen LogP contribution in [0, 0.1) is 18.3 Å². The minimum Gasteiger partial charge on any atom is -0.402 e. The third-order valence-corrected chi connectivity index (χ3v) is 7.81. The number of nitrogens with one attached hydrogen (secondary N) is 1. The number of hydrogen-bond acceptors (Lipinski definition) is 5. The van der Waals surface area contributed by atoms with Crippen LogP contribution in [0.5, 0.6) is 0 Å². The summed E-state index contributed by atoms with van der Waals surface area (Å²) >= 11 is 5.58. The van der Waals surface area contributed by atoms with E-state index in [0.29, 0.717) is 17.9 Å². The van der Waals surface area contributed by atoms with Crippen molar-refractivity contribution in [1.29, 1.82) is 0 Å². The third kappa shape index (κ3) is 2.93. The van der Waals surface area contributed by atoms with Gasteiger partial charge >= 0.3 is 0 Å². The van der Waals surface area contributed by atoms with Crippen LogP contribution < -0.4 is 11.1 Å². The molecule has 1 saturated carbocycles. The number of rotatable bonds is 4. The summed E-state index contributed by atoms with van der Waals surface area (Å²) in [6, 6.07) is 9.17. The molecule has 4 atom stereocenters. The van der Waals surface area contributed by atoms with E-state index in [-0.39, 0.29) is 5.41 Å². The fourth-order valence-electron chi connectivity index (χ4n) is 5.80. The summed E-state index contributed by atoms with van der Waals surface area (Å²) in [5.74, 6) is 2.70. The molecule has 3 N–H and O–H groups in total. The number of nitrogens with zero attached hydrogens (tertiary/aromatic N) is 4. The van der Waals surface area contributed by atoms with E-state index in [4.69, 9.17) is 28.0 Å². The average molecular weight is 433 g/mol. The van der Waals surface area contributed by atoms with Crippen molar-refractivity contribution in [2.24, 2.45) is 17.1 Å². The van der Waals surface area contributed by atoms with E-state index in [1.165, 1.54) is 16.7 Å². The predicted molar refractivity (Wildman–Crippen MR) is 126 cm³/mol. The van der Waals surface area contributed by atoms with Gasteiger partial charge in [0.15, 0.2) is 0 Å². The maximum Gasteiger partial charge on any atom is 0.242 e. The summed E-state index contributed by atoms with van der Waals surface area (Å²) in [5.41, 5.74) is 11.0. The van der Waals surface area contributed by atoms with Gasteiger partial charge in [-0.05, 0) is 43.9 Å². The van der Waals surface area contributed by atoms with Crippen molar-refractivity contribution in [3.63, 3.8) is 0 Å². The van der Waals surface area contributed by atoms with E-state index in [0.717, 1.165) is 54.9 Å². The van der Waals surface area contributed by atoms with Gasteiger partial charge in [-0.2, -0.15) is 4.98 Å². The number of aryl methyl sites for hydroxylation is 2. The van der Waals surface area contributed by atoms with E-state index in [9.17, 15) is 0 Å². The molecule has 1 aromatic heterocycles. The smallest absolute Gasteiger partial charge is 0.242 e. The average Bonchev–Trinajstić information content (AvgIpc) is 3.02. The molecule has 1 saturated heterocycles. The number of benzene rings is 1. The Labute approximate surface area is 188 Å². The third-order valence-electron chi connectivity index (χ3n) is 7.44. The second-order valence-corrected chi connectivity index (χ2v) is 10.0. The zero-order valence-corrected chi connectivity index (χ0v) is 18.8. The molecule has 1 spiro atoms. The second kappa shape index (κ2) is 6.66. The lowest BCUT2D eigenvalue weighted by molar-refractivity contribution is 0.302. The minimum atomic E-state index is 0.252. The Bertz CT molecular complexity index is 1130. The van der Waals surface area contributed by atoms with Crippen molar-refractivity contribution in [1.82, 2.24) is 19.7 Å². The molecular formula is C24H28N6S. The first kappa shape index (κ1) is 19.0. The highest BCUT2D eigenvalue weighted by Gasteiger charge is 2.70. The van der Waals surface area contributed by atoms with Gasteiger partial charge in [-0.25, -0.2) is 4.68 Å². The Morgan fingerprint density at radius 1 is 1.32 bits per heavy atom. The Morgan fingerprint density at radius 2 is 2.13 bits per heavy atom. The fourth-order valence-corrected chi connectivity index (χ4v) is 6.12. The summed E-state index contributed by atoms with van der Waals surface area (Å²) in [7, 11) is 0. The van der Waals surface area contributed by atoms with Crippen LogP contribution in [0.4, 0.5) is 5.95 Å². The number of aromatic nitrogens is 3. The maximum absolute atomic E-state index is 5.83. The highest BCUT2D eigenvalue weighted by molar-refractivity contribution is 7.80. The van der Waals surface area contributed by atoms with Gasteiger partial charge in [0.05, 0.1) is 6.04 Å². The van der Waals surface area contributed by atoms with Crippen molar-refractivity contribution in [3.05, 3.63) is 64.6 Å². The largest absolute Gasteiger partial charge is 0.402 e. The lowest BCUT2D eigenvalue weighted by Gasteiger charge is -2.38. The van der Waals surface area contributed by atoms with Crippen LogP contribution in [-0.4, -0.2) is 43.8 Å². The molecule has 160 valence electrons. The van der Waals surface area contributed by atoms with Crippen molar-refractivity contribution in [2.75, 3.05) is 18.4 Å². The Balaban J connectivity index is 1.19. The van der Waals surface area contributed by atoms with Crippen LogP contribution >= 0.6 is 12.2 Å². The molecule has 2 fully saturated rings. The zero-order valence-electron chi connectivity index (χ0n) is 18.0. The molecule has 4 aliphatic rings. The van der Waals surface area contributed by atoms with E-state index in [1.54, 1.807) is 0 Å². The summed E-state index contributed by atoms with van der Waals surface area (Å²) in [4.78, 5) is 8.10. The van der Waals surface area contributed by atoms with Crippen LogP contribution in [0.25, 0.3) is 0 Å². The highest BCUT2D eigenvalue weighted by Crippen LogP contribution is 2.68. The van der Waals surface area contributed by atoms with E-state index in [2.05, 4.69) is 52.2 Å². The molecule has 2 aromatic rings. The molecular weight excluding hydrogens is 404 g/mol. The van der Waals surface area contributed by atoms with Crippen LogP contribution in [0.1, 0.15) is 42.6 Å². The summed E-state index contributed by atoms with van der Waals surface area (Å²) < 4.78 is 2.11. The molecule has 0 amide bonds. The SMILES string of the molecule is CC(N)=CC(=S)N1C[C@H]2[C@H](Nc3nc4n(n3)CCCC4c3ccc(C)cc3)C3=CC32C1. The minimum absolute atomic E-state index is 0.252. The Hall–Kier alpha value is -2.67. The molecule has 7 heteroatoms. The first-order valence-electron chi connectivity index (χ1n) is 11.2.